The Morgan fingerprint density at radius 2 is 1.79 bits per heavy atom. The number of nitrogens with zero attached hydrogens (tertiary/aromatic N) is 1. The predicted octanol–water partition coefficient (Wildman–Crippen LogP) is 5.21. The number of hydrogen-bond donors (Lipinski definition) is 0. The summed E-state index contributed by atoms with van der Waals surface area (Å²) in [5.41, 5.74) is 3.73. The number of fused-ring (bicyclic) bond motifs is 1. The first kappa shape index (κ1) is 20.2. The molecule has 148 valence electrons. The summed E-state index contributed by atoms with van der Waals surface area (Å²) in [5.74, 6) is 0.163. The second-order valence-electron chi connectivity index (χ2n) is 7.20. The molecule has 1 aromatic heterocycles. The molecule has 4 nitrogen and oxygen atoms in total. The molecule has 4 heteroatoms. The van der Waals surface area contributed by atoms with E-state index in [1.807, 2.05) is 18.2 Å². The summed E-state index contributed by atoms with van der Waals surface area (Å²) in [5, 5.41) is 1.27. The Balaban J connectivity index is 1.62. The second-order valence-corrected chi connectivity index (χ2v) is 7.20. The minimum Gasteiger partial charge on any atom is -0.469 e. The summed E-state index contributed by atoms with van der Waals surface area (Å²) in [4.78, 5) is 11.7. The third-order valence-electron chi connectivity index (χ3n) is 5.25. The van der Waals surface area contributed by atoms with Gasteiger partial charge in [-0.2, -0.15) is 0 Å². The van der Waals surface area contributed by atoms with E-state index in [2.05, 4.69) is 54.2 Å². The molecule has 0 aliphatic heterocycles. The quantitative estimate of drug-likeness (QED) is 0.358. The van der Waals surface area contributed by atoms with E-state index in [4.69, 9.17) is 9.47 Å². The highest BCUT2D eigenvalue weighted by molar-refractivity contribution is 5.84. The van der Waals surface area contributed by atoms with Crippen LogP contribution in [0.25, 0.3) is 10.9 Å². The van der Waals surface area contributed by atoms with Crippen molar-refractivity contribution in [1.82, 2.24) is 4.57 Å². The monoisotopic (exact) mass is 379 g/mol. The molecule has 0 aliphatic carbocycles. The number of aryl methyl sites for hydroxylation is 1. The number of esters is 1. The van der Waals surface area contributed by atoms with Gasteiger partial charge in [0.25, 0.3) is 0 Å². The zero-order valence-electron chi connectivity index (χ0n) is 16.8. The van der Waals surface area contributed by atoms with Crippen LogP contribution < -0.4 is 0 Å². The molecule has 3 aromatic rings. The average Bonchev–Trinajstić information content (AvgIpc) is 3.07. The number of aromatic nitrogens is 1. The highest BCUT2D eigenvalue weighted by Crippen LogP contribution is 2.33. The van der Waals surface area contributed by atoms with Gasteiger partial charge in [0.2, 0.25) is 0 Å². The number of para-hydroxylation sites is 1. The van der Waals surface area contributed by atoms with E-state index in [0.29, 0.717) is 25.6 Å². The number of hydrogen-bond acceptors (Lipinski definition) is 3. The van der Waals surface area contributed by atoms with Gasteiger partial charge in [-0.1, -0.05) is 48.5 Å². The third kappa shape index (κ3) is 5.23. The average molecular weight is 380 g/mol. The lowest BCUT2D eigenvalue weighted by atomic mass is 9.90. The Kier molecular flexibility index (Phi) is 7.26. The molecule has 0 bridgehead atoms. The summed E-state index contributed by atoms with van der Waals surface area (Å²) in [6, 6.07) is 18.7. The molecule has 0 fully saturated rings. The first-order chi connectivity index (χ1) is 13.7. The van der Waals surface area contributed by atoms with Crippen LogP contribution in [0.4, 0.5) is 0 Å². The Morgan fingerprint density at radius 1 is 1.04 bits per heavy atom. The molecule has 0 unspecified atom stereocenters. The van der Waals surface area contributed by atoms with Crippen LogP contribution in [0.15, 0.2) is 60.8 Å². The van der Waals surface area contributed by atoms with E-state index in [-0.39, 0.29) is 5.97 Å². The largest absolute Gasteiger partial charge is 0.469 e. The maximum absolute atomic E-state index is 11.7. The van der Waals surface area contributed by atoms with Crippen molar-refractivity contribution in [2.24, 2.45) is 7.05 Å². The molecule has 0 N–H and O–H groups in total. The van der Waals surface area contributed by atoms with Crippen LogP contribution in [0.3, 0.4) is 0 Å². The van der Waals surface area contributed by atoms with Crippen molar-refractivity contribution in [1.29, 1.82) is 0 Å². The fourth-order valence-corrected chi connectivity index (χ4v) is 3.74. The van der Waals surface area contributed by atoms with Crippen LogP contribution in [-0.2, 0) is 27.9 Å². The highest BCUT2D eigenvalue weighted by atomic mass is 16.5. The lowest BCUT2D eigenvalue weighted by Gasteiger charge is -2.16. The third-order valence-corrected chi connectivity index (χ3v) is 5.25. The molecule has 0 aliphatic rings. The number of benzene rings is 2. The van der Waals surface area contributed by atoms with Gasteiger partial charge in [0, 0.05) is 37.2 Å². The molecule has 1 atom stereocenters. The second kappa shape index (κ2) is 10.1. The predicted molar refractivity (Wildman–Crippen MR) is 112 cm³/mol. The minimum atomic E-state index is -0.148. The summed E-state index contributed by atoms with van der Waals surface area (Å²) in [6.07, 6.45) is 5.38. The topological polar surface area (TPSA) is 40.5 Å². The van der Waals surface area contributed by atoms with Crippen molar-refractivity contribution in [3.8, 4) is 0 Å². The molecular formula is C24H29NO3. The Bertz CT molecular complexity index is 885. The Morgan fingerprint density at radius 3 is 2.57 bits per heavy atom. The summed E-state index contributed by atoms with van der Waals surface area (Å²) in [6.45, 7) is 1.36. The van der Waals surface area contributed by atoms with Crippen LogP contribution in [-0.4, -0.2) is 24.3 Å². The minimum absolute atomic E-state index is 0.148. The summed E-state index contributed by atoms with van der Waals surface area (Å²) >= 11 is 0. The highest BCUT2D eigenvalue weighted by Gasteiger charge is 2.18. The van der Waals surface area contributed by atoms with Crippen molar-refractivity contribution in [3.05, 3.63) is 71.9 Å². The van der Waals surface area contributed by atoms with Gasteiger partial charge in [0.05, 0.1) is 13.7 Å². The van der Waals surface area contributed by atoms with E-state index in [9.17, 15) is 4.79 Å². The van der Waals surface area contributed by atoms with Gasteiger partial charge in [0.15, 0.2) is 0 Å². The van der Waals surface area contributed by atoms with Gasteiger partial charge in [-0.15, -0.1) is 0 Å². The van der Waals surface area contributed by atoms with E-state index >= 15 is 0 Å². The summed E-state index contributed by atoms with van der Waals surface area (Å²) in [7, 11) is 3.53. The SMILES string of the molecule is COC(=O)CC[C@@H](CCCOCc1ccccc1)c1cn(C)c2ccccc12. The maximum atomic E-state index is 11.7. The fraction of sp³-hybridized carbons (Fsp3) is 0.375. The molecule has 28 heavy (non-hydrogen) atoms. The molecule has 0 saturated carbocycles. The van der Waals surface area contributed by atoms with E-state index in [1.54, 1.807) is 0 Å². The van der Waals surface area contributed by atoms with Crippen molar-refractivity contribution < 1.29 is 14.3 Å². The molecule has 3 rings (SSSR count). The lowest BCUT2D eigenvalue weighted by molar-refractivity contribution is -0.140. The molecule has 1 heterocycles. The smallest absolute Gasteiger partial charge is 0.305 e. The normalized spacial score (nSPS) is 12.2. The van der Waals surface area contributed by atoms with Crippen LogP contribution in [0.1, 0.15) is 42.7 Å². The zero-order chi connectivity index (χ0) is 19.8. The van der Waals surface area contributed by atoms with Crippen molar-refractivity contribution in [3.63, 3.8) is 0 Å². The Hall–Kier alpha value is -2.59. The Labute approximate surface area is 167 Å². The molecule has 2 aromatic carbocycles. The van der Waals surface area contributed by atoms with Crippen molar-refractivity contribution >= 4 is 16.9 Å². The van der Waals surface area contributed by atoms with Gasteiger partial charge < -0.3 is 14.0 Å². The van der Waals surface area contributed by atoms with Crippen LogP contribution in [0.5, 0.6) is 0 Å². The van der Waals surface area contributed by atoms with Crippen LogP contribution in [0, 0.1) is 0 Å². The summed E-state index contributed by atoms with van der Waals surface area (Å²) < 4.78 is 12.9. The number of methoxy groups -OCH3 is 1. The maximum Gasteiger partial charge on any atom is 0.305 e. The molecule has 0 radical (unpaired) electrons. The molecule has 0 amide bonds. The van der Waals surface area contributed by atoms with Crippen LogP contribution >= 0.6 is 0 Å². The molecule has 0 spiro atoms. The number of rotatable bonds is 10. The van der Waals surface area contributed by atoms with Gasteiger partial charge in [0.1, 0.15) is 0 Å². The van der Waals surface area contributed by atoms with E-state index < -0.39 is 0 Å². The van der Waals surface area contributed by atoms with Gasteiger partial charge in [-0.25, -0.2) is 0 Å². The number of carbonyl (C=O) groups is 1. The first-order valence-corrected chi connectivity index (χ1v) is 9.91. The van der Waals surface area contributed by atoms with Crippen LogP contribution in [0.2, 0.25) is 0 Å². The zero-order valence-corrected chi connectivity index (χ0v) is 16.8. The van der Waals surface area contributed by atoms with Crippen molar-refractivity contribution in [2.45, 2.75) is 38.2 Å². The van der Waals surface area contributed by atoms with E-state index in [1.165, 1.54) is 29.1 Å². The van der Waals surface area contributed by atoms with Gasteiger partial charge in [-0.3, -0.25) is 4.79 Å². The molecular weight excluding hydrogens is 350 g/mol. The lowest BCUT2D eigenvalue weighted by Crippen LogP contribution is -2.07. The number of carbonyl (C=O) groups excluding carboxylic acids is 1. The number of ether oxygens (including phenoxy) is 2. The first-order valence-electron chi connectivity index (χ1n) is 9.91. The van der Waals surface area contributed by atoms with Crippen molar-refractivity contribution in [2.75, 3.05) is 13.7 Å². The van der Waals surface area contributed by atoms with Gasteiger partial charge >= 0.3 is 5.97 Å². The van der Waals surface area contributed by atoms with E-state index in [0.717, 1.165) is 19.3 Å². The standard InChI is InChI=1S/C24H29NO3/c1-25-17-22(21-12-6-7-13-23(21)25)20(14-15-24(26)27-2)11-8-16-28-18-19-9-4-3-5-10-19/h3-7,9-10,12-13,17,20H,8,11,14-16,18H2,1-2H3/t20-/m1/s1. The van der Waals surface area contributed by atoms with Gasteiger partial charge in [-0.05, 0) is 42.4 Å². The molecule has 0 saturated heterocycles. The fourth-order valence-electron chi connectivity index (χ4n) is 3.74.